The molecule has 0 saturated heterocycles. The van der Waals surface area contributed by atoms with Crippen molar-refractivity contribution in [3.8, 4) is 22.9 Å². The summed E-state index contributed by atoms with van der Waals surface area (Å²) in [5.74, 6) is 2.18. The van der Waals surface area contributed by atoms with E-state index in [9.17, 15) is 4.79 Å². The van der Waals surface area contributed by atoms with Crippen molar-refractivity contribution >= 4 is 18.1 Å². The van der Waals surface area contributed by atoms with Gasteiger partial charge in [0, 0.05) is 25.1 Å². The van der Waals surface area contributed by atoms with E-state index in [-0.39, 0.29) is 5.91 Å². The van der Waals surface area contributed by atoms with Gasteiger partial charge >= 0.3 is 0 Å². The molecule has 0 aliphatic carbocycles. The van der Waals surface area contributed by atoms with E-state index in [1.807, 2.05) is 90.4 Å². The maximum Gasteiger partial charge on any atom is 0.222 e. The molecule has 0 radical (unpaired) electrons. The summed E-state index contributed by atoms with van der Waals surface area (Å²) in [6.07, 6.45) is 0.298. The Morgan fingerprint density at radius 2 is 1.81 bits per heavy atom. The summed E-state index contributed by atoms with van der Waals surface area (Å²) in [7, 11) is 0. The number of carbonyl (C=O) groups excluding carboxylic acids is 1. The van der Waals surface area contributed by atoms with Crippen molar-refractivity contribution in [2.45, 2.75) is 26.4 Å². The normalized spacial score (nSPS) is 10.7. The number of aromatic nitrogens is 3. The van der Waals surface area contributed by atoms with Gasteiger partial charge in [-0.3, -0.25) is 14.5 Å². The molecule has 0 atom stereocenters. The summed E-state index contributed by atoms with van der Waals surface area (Å²) in [6, 6.07) is 25.3. The zero-order valence-corrected chi connectivity index (χ0v) is 18.6. The van der Waals surface area contributed by atoms with Crippen molar-refractivity contribution in [2.24, 2.45) is 0 Å². The molecule has 4 aromatic rings. The van der Waals surface area contributed by atoms with Crippen molar-refractivity contribution in [2.75, 3.05) is 0 Å². The van der Waals surface area contributed by atoms with E-state index in [0.717, 1.165) is 34.0 Å². The lowest BCUT2D eigenvalue weighted by atomic mass is 10.1. The fourth-order valence-electron chi connectivity index (χ4n) is 3.38. The molecule has 162 valence electrons. The van der Waals surface area contributed by atoms with Crippen molar-refractivity contribution in [3.05, 3.63) is 94.8 Å². The third kappa shape index (κ3) is 5.50. The molecule has 0 aliphatic rings. The lowest BCUT2D eigenvalue weighted by Crippen LogP contribution is -2.24. The van der Waals surface area contributed by atoms with Crippen LogP contribution in [0.1, 0.15) is 17.5 Å². The monoisotopic (exact) mass is 444 g/mol. The van der Waals surface area contributed by atoms with Gasteiger partial charge in [-0.1, -0.05) is 54.1 Å². The number of rotatable bonds is 8. The topological polar surface area (TPSA) is 71.9 Å². The highest BCUT2D eigenvalue weighted by Gasteiger charge is 2.11. The number of benzene rings is 3. The van der Waals surface area contributed by atoms with Gasteiger partial charge in [0.2, 0.25) is 5.91 Å². The number of nitrogens with one attached hydrogen (secondary N) is 2. The fraction of sp³-hybridized carbons (Fsp3) is 0.160. The first-order valence-corrected chi connectivity index (χ1v) is 10.8. The van der Waals surface area contributed by atoms with Crippen LogP contribution in [0.2, 0.25) is 0 Å². The maximum absolute atomic E-state index is 12.5. The van der Waals surface area contributed by atoms with Crippen molar-refractivity contribution in [1.29, 1.82) is 0 Å². The van der Waals surface area contributed by atoms with Gasteiger partial charge in [-0.2, -0.15) is 5.10 Å². The van der Waals surface area contributed by atoms with Gasteiger partial charge in [-0.15, -0.1) is 0 Å². The lowest BCUT2D eigenvalue weighted by molar-refractivity contribution is -0.121. The predicted molar refractivity (Wildman–Crippen MR) is 127 cm³/mol. The molecular weight excluding hydrogens is 420 g/mol. The molecule has 0 bridgehead atoms. The summed E-state index contributed by atoms with van der Waals surface area (Å²) < 4.78 is 8.22. The highest BCUT2D eigenvalue weighted by molar-refractivity contribution is 7.71. The van der Waals surface area contributed by atoms with Crippen LogP contribution in [0.15, 0.2) is 78.9 Å². The smallest absolute Gasteiger partial charge is 0.222 e. The Bertz CT molecular complexity index is 1260. The van der Waals surface area contributed by atoms with E-state index in [2.05, 4.69) is 15.5 Å². The molecule has 3 aromatic carbocycles. The molecule has 0 aliphatic heterocycles. The second-order valence-electron chi connectivity index (χ2n) is 7.46. The number of H-pyrrole nitrogens is 1. The summed E-state index contributed by atoms with van der Waals surface area (Å²) in [5, 5.41) is 10.1. The van der Waals surface area contributed by atoms with Gasteiger partial charge in [0.15, 0.2) is 10.6 Å². The highest BCUT2D eigenvalue weighted by atomic mass is 32.1. The van der Waals surface area contributed by atoms with Crippen LogP contribution in [0.3, 0.4) is 0 Å². The summed E-state index contributed by atoms with van der Waals surface area (Å²) in [4.78, 5) is 12.5. The number of aromatic amines is 1. The molecule has 7 heteroatoms. The second kappa shape index (κ2) is 10.1. The van der Waals surface area contributed by atoms with Crippen LogP contribution >= 0.6 is 12.2 Å². The van der Waals surface area contributed by atoms with Crippen molar-refractivity contribution < 1.29 is 9.53 Å². The minimum atomic E-state index is -0.0577. The van der Waals surface area contributed by atoms with Gasteiger partial charge in [0.05, 0.1) is 0 Å². The van der Waals surface area contributed by atoms with Gasteiger partial charge in [-0.05, 0) is 55.0 Å². The number of carbonyl (C=O) groups is 1. The summed E-state index contributed by atoms with van der Waals surface area (Å²) in [5.41, 5.74) is 3.07. The zero-order valence-electron chi connectivity index (χ0n) is 17.7. The molecule has 32 heavy (non-hydrogen) atoms. The van der Waals surface area contributed by atoms with Crippen LogP contribution in [0.4, 0.5) is 0 Å². The largest absolute Gasteiger partial charge is 0.457 e. The average Bonchev–Trinajstić information content (AvgIpc) is 3.17. The molecule has 4 rings (SSSR count). The van der Waals surface area contributed by atoms with E-state index >= 15 is 0 Å². The van der Waals surface area contributed by atoms with E-state index in [0.29, 0.717) is 24.3 Å². The fourth-order valence-corrected chi connectivity index (χ4v) is 3.60. The Morgan fingerprint density at radius 1 is 1.03 bits per heavy atom. The van der Waals surface area contributed by atoms with Crippen LogP contribution in [0.25, 0.3) is 11.4 Å². The third-order valence-corrected chi connectivity index (χ3v) is 5.28. The van der Waals surface area contributed by atoms with E-state index in [4.69, 9.17) is 17.0 Å². The predicted octanol–water partition coefficient (Wildman–Crippen LogP) is 5.41. The molecule has 0 saturated carbocycles. The Labute approximate surface area is 191 Å². The second-order valence-corrected chi connectivity index (χ2v) is 7.85. The quantitative estimate of drug-likeness (QED) is 0.356. The lowest BCUT2D eigenvalue weighted by Gasteiger charge is -2.10. The van der Waals surface area contributed by atoms with Gasteiger partial charge < -0.3 is 10.1 Å². The number of amides is 1. The number of hydrogen-bond donors (Lipinski definition) is 2. The Hall–Kier alpha value is -3.71. The zero-order chi connectivity index (χ0) is 22.3. The summed E-state index contributed by atoms with van der Waals surface area (Å²) in [6.45, 7) is 2.90. The van der Waals surface area contributed by atoms with Gasteiger partial charge in [0.1, 0.15) is 11.5 Å². The molecule has 0 unspecified atom stereocenters. The number of para-hydroxylation sites is 1. The first-order chi connectivity index (χ1) is 15.6. The van der Waals surface area contributed by atoms with Crippen LogP contribution in [0, 0.1) is 11.7 Å². The Balaban J connectivity index is 1.34. The molecule has 6 nitrogen and oxygen atoms in total. The SMILES string of the molecule is Cc1cccc(-c2n[nH]c(=S)n2CCC(=O)NCc2cccc(Oc3ccccc3)c2)c1. The maximum atomic E-state index is 12.5. The van der Waals surface area contributed by atoms with Gasteiger partial charge in [0.25, 0.3) is 0 Å². The standard InChI is InChI=1S/C25H24N4O2S/c1-18-7-5-9-20(15-18)24-27-28-25(32)29(24)14-13-23(30)26-17-19-8-6-12-22(16-19)31-21-10-3-2-4-11-21/h2-12,15-16H,13-14,17H2,1H3,(H,26,30)(H,28,32). The van der Waals surface area contributed by atoms with Crippen molar-refractivity contribution in [1.82, 2.24) is 20.1 Å². The molecule has 1 amide bonds. The minimum absolute atomic E-state index is 0.0577. The minimum Gasteiger partial charge on any atom is -0.457 e. The first-order valence-electron chi connectivity index (χ1n) is 10.4. The van der Waals surface area contributed by atoms with Crippen LogP contribution < -0.4 is 10.1 Å². The van der Waals surface area contributed by atoms with E-state index < -0.39 is 0 Å². The number of nitrogens with zero attached hydrogens (tertiary/aromatic N) is 2. The van der Waals surface area contributed by atoms with E-state index in [1.54, 1.807) is 0 Å². The number of hydrogen-bond acceptors (Lipinski definition) is 4. The molecule has 0 fully saturated rings. The van der Waals surface area contributed by atoms with Crippen LogP contribution in [0.5, 0.6) is 11.5 Å². The molecule has 1 heterocycles. The number of ether oxygens (including phenoxy) is 1. The summed E-state index contributed by atoms with van der Waals surface area (Å²) >= 11 is 5.37. The third-order valence-electron chi connectivity index (χ3n) is 4.96. The first kappa shape index (κ1) is 21.5. The average molecular weight is 445 g/mol. The molecule has 2 N–H and O–H groups in total. The number of aryl methyl sites for hydroxylation is 1. The van der Waals surface area contributed by atoms with E-state index in [1.165, 1.54) is 0 Å². The highest BCUT2D eigenvalue weighted by Crippen LogP contribution is 2.22. The molecule has 1 aromatic heterocycles. The van der Waals surface area contributed by atoms with Crippen LogP contribution in [-0.2, 0) is 17.9 Å². The van der Waals surface area contributed by atoms with Gasteiger partial charge in [-0.25, -0.2) is 0 Å². The molecule has 0 spiro atoms. The molecular formula is C25H24N4O2S. The van der Waals surface area contributed by atoms with Crippen LogP contribution in [-0.4, -0.2) is 20.7 Å². The Morgan fingerprint density at radius 3 is 2.62 bits per heavy atom. The Kier molecular flexibility index (Phi) is 6.77. The van der Waals surface area contributed by atoms with Crippen molar-refractivity contribution in [3.63, 3.8) is 0 Å².